The Morgan fingerprint density at radius 2 is 2.16 bits per heavy atom. The van der Waals surface area contributed by atoms with Crippen LogP contribution in [0.25, 0.3) is 0 Å². The minimum Gasteiger partial charge on any atom is -0.352 e. The summed E-state index contributed by atoms with van der Waals surface area (Å²) in [6.45, 7) is 10.5. The van der Waals surface area contributed by atoms with Crippen LogP contribution in [0.15, 0.2) is 0 Å². The number of carbonyl (C=O) groups is 1. The third kappa shape index (κ3) is 6.39. The van der Waals surface area contributed by atoms with Crippen LogP contribution < -0.4 is 11.1 Å². The molecular weight excluding hydrogens is 238 g/mol. The fraction of sp³-hybridized carbons (Fsp3) is 0.933. The average molecular weight is 269 g/mol. The molecule has 4 heteroatoms. The number of carbonyl (C=O) groups excluding carboxylic acids is 1. The predicted octanol–water partition coefficient (Wildman–Crippen LogP) is 1.74. The number of nitrogens with one attached hydrogen (secondary N) is 1. The second kappa shape index (κ2) is 7.85. The number of nitrogens with two attached hydrogens (primary N) is 1. The Bertz CT molecular complexity index is 279. The topological polar surface area (TPSA) is 58.4 Å². The molecule has 0 aromatic heterocycles. The van der Waals surface area contributed by atoms with Crippen molar-refractivity contribution in [2.24, 2.45) is 11.1 Å². The van der Waals surface area contributed by atoms with Gasteiger partial charge in [-0.2, -0.15) is 0 Å². The molecule has 1 aliphatic heterocycles. The molecule has 1 atom stereocenters. The van der Waals surface area contributed by atoms with Crippen LogP contribution >= 0.6 is 0 Å². The van der Waals surface area contributed by atoms with Crippen LogP contribution in [-0.2, 0) is 4.79 Å². The van der Waals surface area contributed by atoms with E-state index in [0.717, 1.165) is 32.4 Å². The SMILES string of the molecule is CCN1CCCC(NC(=O)CCC(C)(C)CCN)C1. The summed E-state index contributed by atoms with van der Waals surface area (Å²) in [7, 11) is 0. The Morgan fingerprint density at radius 1 is 1.42 bits per heavy atom. The summed E-state index contributed by atoms with van der Waals surface area (Å²) >= 11 is 0. The lowest BCUT2D eigenvalue weighted by atomic mass is 9.84. The van der Waals surface area contributed by atoms with Gasteiger partial charge in [0.15, 0.2) is 0 Å². The molecule has 3 N–H and O–H groups in total. The van der Waals surface area contributed by atoms with Crippen molar-refractivity contribution < 1.29 is 4.79 Å². The predicted molar refractivity (Wildman–Crippen MR) is 80.0 cm³/mol. The van der Waals surface area contributed by atoms with E-state index in [-0.39, 0.29) is 11.3 Å². The molecule has 1 aliphatic rings. The molecule has 0 aliphatic carbocycles. The second-order valence-corrected chi connectivity index (χ2v) is 6.50. The highest BCUT2D eigenvalue weighted by molar-refractivity contribution is 5.76. The summed E-state index contributed by atoms with van der Waals surface area (Å²) in [6.07, 6.45) is 4.83. The molecule has 0 spiro atoms. The van der Waals surface area contributed by atoms with Gasteiger partial charge in [0.25, 0.3) is 0 Å². The number of likely N-dealkylation sites (N-methyl/N-ethyl adjacent to an activating group) is 1. The Kier molecular flexibility index (Phi) is 6.80. The Labute approximate surface area is 118 Å². The van der Waals surface area contributed by atoms with Crippen LogP contribution in [0.2, 0.25) is 0 Å². The first-order chi connectivity index (χ1) is 8.96. The summed E-state index contributed by atoms with van der Waals surface area (Å²) in [5.74, 6) is 0.202. The largest absolute Gasteiger partial charge is 0.352 e. The van der Waals surface area contributed by atoms with E-state index in [1.54, 1.807) is 0 Å². The number of rotatable bonds is 7. The van der Waals surface area contributed by atoms with Crippen molar-refractivity contribution in [3.8, 4) is 0 Å². The average Bonchev–Trinajstić information content (AvgIpc) is 2.37. The maximum Gasteiger partial charge on any atom is 0.220 e. The third-order valence-electron chi connectivity index (χ3n) is 4.17. The second-order valence-electron chi connectivity index (χ2n) is 6.50. The Balaban J connectivity index is 2.27. The maximum absolute atomic E-state index is 12.0. The highest BCUT2D eigenvalue weighted by Gasteiger charge is 2.22. The highest BCUT2D eigenvalue weighted by Crippen LogP contribution is 2.25. The molecule has 0 aromatic carbocycles. The van der Waals surface area contributed by atoms with Crippen LogP contribution in [0.1, 0.15) is 52.9 Å². The van der Waals surface area contributed by atoms with Crippen molar-refractivity contribution in [1.82, 2.24) is 10.2 Å². The van der Waals surface area contributed by atoms with E-state index < -0.39 is 0 Å². The lowest BCUT2D eigenvalue weighted by molar-refractivity contribution is -0.122. The van der Waals surface area contributed by atoms with Crippen molar-refractivity contribution in [3.63, 3.8) is 0 Å². The number of amides is 1. The molecule has 19 heavy (non-hydrogen) atoms. The minimum atomic E-state index is 0.175. The zero-order valence-corrected chi connectivity index (χ0v) is 12.9. The molecule has 1 saturated heterocycles. The molecule has 1 unspecified atom stereocenters. The maximum atomic E-state index is 12.0. The standard InChI is InChI=1S/C15H31N3O/c1-4-18-11-5-6-13(12-18)17-14(19)7-8-15(2,3)9-10-16/h13H,4-12,16H2,1-3H3,(H,17,19). The van der Waals surface area contributed by atoms with Gasteiger partial charge in [-0.15, -0.1) is 0 Å². The summed E-state index contributed by atoms with van der Waals surface area (Å²) in [5.41, 5.74) is 5.77. The first kappa shape index (κ1) is 16.4. The molecule has 1 heterocycles. The van der Waals surface area contributed by atoms with Crippen LogP contribution in [-0.4, -0.2) is 43.0 Å². The summed E-state index contributed by atoms with van der Waals surface area (Å²) < 4.78 is 0. The van der Waals surface area contributed by atoms with Gasteiger partial charge in [0.2, 0.25) is 5.91 Å². The van der Waals surface area contributed by atoms with Crippen molar-refractivity contribution in [2.45, 2.75) is 58.9 Å². The number of nitrogens with zero attached hydrogens (tertiary/aromatic N) is 1. The van der Waals surface area contributed by atoms with E-state index in [1.165, 1.54) is 13.0 Å². The fourth-order valence-corrected chi connectivity index (χ4v) is 2.73. The zero-order valence-electron chi connectivity index (χ0n) is 12.9. The minimum absolute atomic E-state index is 0.175. The van der Waals surface area contributed by atoms with Crippen molar-refractivity contribution in [3.05, 3.63) is 0 Å². The van der Waals surface area contributed by atoms with Gasteiger partial charge in [0, 0.05) is 19.0 Å². The van der Waals surface area contributed by atoms with E-state index >= 15 is 0 Å². The van der Waals surface area contributed by atoms with Crippen LogP contribution in [0.3, 0.4) is 0 Å². The summed E-state index contributed by atoms with van der Waals surface area (Å²) in [5, 5.41) is 3.19. The fourth-order valence-electron chi connectivity index (χ4n) is 2.73. The van der Waals surface area contributed by atoms with E-state index in [2.05, 4.69) is 31.0 Å². The van der Waals surface area contributed by atoms with Crippen LogP contribution in [0, 0.1) is 5.41 Å². The monoisotopic (exact) mass is 269 g/mol. The smallest absolute Gasteiger partial charge is 0.220 e. The Morgan fingerprint density at radius 3 is 2.79 bits per heavy atom. The van der Waals surface area contributed by atoms with Gasteiger partial charge in [-0.25, -0.2) is 0 Å². The van der Waals surface area contributed by atoms with Crippen LogP contribution in [0.4, 0.5) is 0 Å². The molecule has 0 radical (unpaired) electrons. The Hall–Kier alpha value is -0.610. The summed E-state index contributed by atoms with van der Waals surface area (Å²) in [6, 6.07) is 0.346. The van der Waals surface area contributed by atoms with Gasteiger partial charge >= 0.3 is 0 Å². The van der Waals surface area contributed by atoms with Crippen molar-refractivity contribution in [2.75, 3.05) is 26.2 Å². The van der Waals surface area contributed by atoms with Gasteiger partial charge in [0.05, 0.1) is 0 Å². The molecule has 0 bridgehead atoms. The van der Waals surface area contributed by atoms with Crippen molar-refractivity contribution in [1.29, 1.82) is 0 Å². The first-order valence-electron chi connectivity index (χ1n) is 7.68. The molecular formula is C15H31N3O. The van der Waals surface area contributed by atoms with Gasteiger partial charge in [-0.1, -0.05) is 20.8 Å². The number of hydrogen-bond acceptors (Lipinski definition) is 3. The van der Waals surface area contributed by atoms with E-state index in [1.807, 2.05) is 0 Å². The highest BCUT2D eigenvalue weighted by atomic mass is 16.1. The lowest BCUT2D eigenvalue weighted by Crippen LogP contribution is -2.47. The molecule has 1 rings (SSSR count). The van der Waals surface area contributed by atoms with Gasteiger partial charge in [-0.3, -0.25) is 4.79 Å². The number of hydrogen-bond donors (Lipinski definition) is 2. The van der Waals surface area contributed by atoms with E-state index in [0.29, 0.717) is 19.0 Å². The van der Waals surface area contributed by atoms with E-state index in [4.69, 9.17) is 5.73 Å². The first-order valence-corrected chi connectivity index (χ1v) is 7.68. The molecule has 1 amide bonds. The zero-order chi connectivity index (χ0) is 14.3. The van der Waals surface area contributed by atoms with Crippen molar-refractivity contribution >= 4 is 5.91 Å². The van der Waals surface area contributed by atoms with E-state index in [9.17, 15) is 4.79 Å². The molecule has 0 saturated carbocycles. The van der Waals surface area contributed by atoms with Gasteiger partial charge < -0.3 is 16.0 Å². The lowest BCUT2D eigenvalue weighted by Gasteiger charge is -2.32. The van der Waals surface area contributed by atoms with Crippen LogP contribution in [0.5, 0.6) is 0 Å². The third-order valence-corrected chi connectivity index (χ3v) is 4.17. The number of piperidine rings is 1. The molecule has 4 nitrogen and oxygen atoms in total. The normalized spacial score (nSPS) is 21.4. The number of likely N-dealkylation sites (tertiary alicyclic amines) is 1. The quantitative estimate of drug-likeness (QED) is 0.740. The molecule has 112 valence electrons. The van der Waals surface area contributed by atoms with Gasteiger partial charge in [0.1, 0.15) is 0 Å². The summed E-state index contributed by atoms with van der Waals surface area (Å²) in [4.78, 5) is 14.4. The van der Waals surface area contributed by atoms with Gasteiger partial charge in [-0.05, 0) is 50.7 Å². The molecule has 1 fully saturated rings. The molecule has 0 aromatic rings.